The first-order valence-corrected chi connectivity index (χ1v) is 19.6. The van der Waals surface area contributed by atoms with Gasteiger partial charge in [-0.25, -0.2) is 18.0 Å². The van der Waals surface area contributed by atoms with E-state index in [4.69, 9.17) is 34.7 Å². The fourth-order valence-electron chi connectivity index (χ4n) is 4.43. The summed E-state index contributed by atoms with van der Waals surface area (Å²) in [7, 11) is 5.03. The number of nitrogens with one attached hydrogen (secondary N) is 1. The van der Waals surface area contributed by atoms with Gasteiger partial charge in [0.25, 0.3) is 6.47 Å². The van der Waals surface area contributed by atoms with Gasteiger partial charge in [-0.05, 0) is 120 Å². The van der Waals surface area contributed by atoms with Crippen LogP contribution in [0.1, 0.15) is 97.0 Å². The summed E-state index contributed by atoms with van der Waals surface area (Å²) in [5.41, 5.74) is 7.92. The van der Waals surface area contributed by atoms with Crippen LogP contribution >= 0.6 is 15.9 Å². The molecule has 1 amide bonds. The first kappa shape index (κ1) is 65.3. The van der Waals surface area contributed by atoms with E-state index in [1.165, 1.54) is 36.4 Å². The first-order chi connectivity index (χ1) is 27.0. The predicted molar refractivity (Wildman–Crippen MR) is 221 cm³/mol. The topological polar surface area (TPSA) is 145 Å². The van der Waals surface area contributed by atoms with E-state index < -0.39 is 5.60 Å². The van der Waals surface area contributed by atoms with Gasteiger partial charge in [-0.2, -0.15) is 0 Å². The van der Waals surface area contributed by atoms with E-state index >= 15 is 0 Å². The monoisotopic (exact) mass is 953 g/mol. The number of carbonyl (C=O) groups excluding carboxylic acids is 2. The molecule has 3 atom stereocenters. The van der Waals surface area contributed by atoms with Gasteiger partial charge in [0.2, 0.25) is 0 Å². The van der Waals surface area contributed by atoms with E-state index in [0.29, 0.717) is 19.6 Å². The number of halogens is 4. The van der Waals surface area contributed by atoms with E-state index in [-0.39, 0.29) is 152 Å². The molecule has 0 aliphatic rings. The summed E-state index contributed by atoms with van der Waals surface area (Å²) in [6.45, 7) is 14.8. The van der Waals surface area contributed by atoms with E-state index in [9.17, 15) is 18.0 Å². The van der Waals surface area contributed by atoms with Crippen LogP contribution in [0.15, 0.2) is 72.8 Å². The second kappa shape index (κ2) is 41.7. The fourth-order valence-corrected chi connectivity index (χ4v) is 4.66. The van der Waals surface area contributed by atoms with Gasteiger partial charge in [-0.3, -0.25) is 4.79 Å². The van der Waals surface area contributed by atoms with Crippen molar-refractivity contribution in [2.24, 2.45) is 5.73 Å². The van der Waals surface area contributed by atoms with Crippen molar-refractivity contribution in [3.8, 4) is 0 Å². The second-order valence-corrected chi connectivity index (χ2v) is 14.2. The van der Waals surface area contributed by atoms with Crippen molar-refractivity contribution in [2.45, 2.75) is 84.5 Å². The first-order valence-electron chi connectivity index (χ1n) is 18.5. The minimum atomic E-state index is -0.556. The van der Waals surface area contributed by atoms with Crippen molar-refractivity contribution < 1.29 is 156 Å². The summed E-state index contributed by atoms with van der Waals surface area (Å²) in [6.07, 6.45) is 2.43. The molecule has 326 valence electrons. The molecular weight excluding hydrogens is 890 g/mol. The van der Waals surface area contributed by atoms with Crippen LogP contribution in [-0.2, 0) is 28.6 Å². The minimum absolute atomic E-state index is 0. The third-order valence-electron chi connectivity index (χ3n) is 7.46. The summed E-state index contributed by atoms with van der Waals surface area (Å²) in [6, 6.07) is 19.0. The van der Waals surface area contributed by atoms with Crippen LogP contribution < -0.4 is 119 Å². The molecule has 0 aliphatic heterocycles. The number of hydrogen-bond acceptors (Lipinski definition) is 10. The number of benzene rings is 3. The maximum atomic E-state index is 13.1. The Balaban J connectivity index is -0.000000231. The van der Waals surface area contributed by atoms with Crippen LogP contribution in [0.4, 0.5) is 18.0 Å². The molecule has 0 bridgehead atoms. The summed E-state index contributed by atoms with van der Waals surface area (Å²) < 4.78 is 58.3. The van der Waals surface area contributed by atoms with Gasteiger partial charge < -0.3 is 46.5 Å². The molecule has 3 N–H and O–H groups in total. The van der Waals surface area contributed by atoms with Crippen molar-refractivity contribution in [1.29, 1.82) is 0 Å². The maximum absolute atomic E-state index is 13.1. The SMILES string of the molecule is COCCCBr.COCCCN(C(=O)OC(C)(C)C)[C@@H](C)c1ccc(F)cc1.COCCCN[C@@H](C)c1ccc(F)cc1.C[C@H](N)c1ccc(F)cc1.O=CO[O-].[H-].[K+].[K+]. The number of methoxy groups -OCH3 is 3. The zero-order chi connectivity index (χ0) is 43.6. The normalized spacial score (nSPS) is 11.5. The van der Waals surface area contributed by atoms with E-state index in [1.54, 1.807) is 50.5 Å². The summed E-state index contributed by atoms with van der Waals surface area (Å²) in [5.74, 6) is -0.700. The standard InChI is InChI=1S/C17H26FNO3.C12H18FNO.C8H10FN.C4H9BrO.CH2O3.2K.H/c1-13(14-7-9-15(18)10-8-14)19(11-6-12-21-5)16(20)22-17(2,3)4;1-10(14-8-3-9-15-2)11-4-6-12(13)7-5-11;1-6(10)7-2-4-8(9)5-3-7;1-6-4-2-3-5;2-1-4-3;;;/h7-10,13H,6,11-12H2,1-5H3;4-7,10,14H,3,8-9H2,1-2H3;2-6H,10H2,1H3;2-4H2,1H3;1,3H;;;/q;;;;;2*+1;-1/p-1/t13-;10-;6-;;;;;/m000...../s1. The van der Waals surface area contributed by atoms with Crippen LogP contribution in [0.2, 0.25) is 0 Å². The Morgan fingerprint density at radius 2 is 1.17 bits per heavy atom. The molecule has 0 radical (unpaired) electrons. The van der Waals surface area contributed by atoms with E-state index in [2.05, 4.69) is 33.1 Å². The zero-order valence-electron chi connectivity index (χ0n) is 37.9. The van der Waals surface area contributed by atoms with Gasteiger partial charge in [-0.15, -0.1) is 0 Å². The molecule has 0 unspecified atom stereocenters. The van der Waals surface area contributed by atoms with Crippen LogP contribution in [-0.4, -0.2) is 82.6 Å². The van der Waals surface area contributed by atoms with E-state index in [1.807, 2.05) is 46.8 Å². The number of hydrogen-bond donors (Lipinski definition) is 2. The molecule has 0 heterocycles. The predicted octanol–water partition coefficient (Wildman–Crippen LogP) is 2.49. The molecule has 11 nitrogen and oxygen atoms in total. The molecule has 0 saturated carbocycles. The van der Waals surface area contributed by atoms with Gasteiger partial charge in [-0.1, -0.05) is 52.3 Å². The number of nitrogens with zero attached hydrogens (tertiary/aromatic N) is 1. The molecule has 3 aromatic carbocycles. The maximum Gasteiger partial charge on any atom is 1.00 e. The van der Waals surface area contributed by atoms with Crippen LogP contribution in [0.3, 0.4) is 0 Å². The Hall–Kier alpha value is -0.297. The smallest absolute Gasteiger partial charge is 1.00 e. The number of carbonyl (C=O) groups is 2. The third-order valence-corrected chi connectivity index (χ3v) is 8.02. The van der Waals surface area contributed by atoms with Crippen LogP contribution in [0.5, 0.6) is 0 Å². The van der Waals surface area contributed by atoms with Gasteiger partial charge >= 0.3 is 109 Å². The molecule has 3 rings (SSSR count). The molecule has 59 heavy (non-hydrogen) atoms. The molecule has 17 heteroatoms. The number of nitrogens with two attached hydrogens (primary N) is 1. The molecular formula is C42H65BrF3K2N3O8. The average molecular weight is 955 g/mol. The molecule has 0 fully saturated rings. The van der Waals surface area contributed by atoms with Gasteiger partial charge in [0.15, 0.2) is 0 Å². The molecule has 0 spiro atoms. The number of ether oxygens (including phenoxy) is 4. The number of amides is 1. The Kier molecular flexibility index (Phi) is 46.2. The van der Waals surface area contributed by atoms with Crippen LogP contribution in [0, 0.1) is 17.5 Å². The quantitative estimate of drug-likeness (QED) is 0.0518. The van der Waals surface area contributed by atoms with Crippen molar-refractivity contribution in [3.63, 3.8) is 0 Å². The average Bonchev–Trinajstić information content (AvgIpc) is 3.18. The van der Waals surface area contributed by atoms with Gasteiger partial charge in [0.1, 0.15) is 23.1 Å². The Morgan fingerprint density at radius 3 is 1.53 bits per heavy atom. The molecule has 0 aromatic heterocycles. The fraction of sp³-hybridized carbons (Fsp3) is 0.524. The van der Waals surface area contributed by atoms with Crippen molar-refractivity contribution in [3.05, 3.63) is 107 Å². The second-order valence-electron chi connectivity index (χ2n) is 13.4. The zero-order valence-corrected chi connectivity index (χ0v) is 44.7. The Labute approximate surface area is 445 Å². The van der Waals surface area contributed by atoms with E-state index in [0.717, 1.165) is 54.6 Å². The Bertz CT molecular complexity index is 1420. The number of rotatable bonds is 17. The summed E-state index contributed by atoms with van der Waals surface area (Å²) in [5, 5.41) is 12.8. The minimum Gasteiger partial charge on any atom is -1.00 e. The summed E-state index contributed by atoms with van der Waals surface area (Å²) in [4.78, 5) is 25.3. The molecule has 0 saturated heterocycles. The third kappa shape index (κ3) is 36.9. The van der Waals surface area contributed by atoms with Gasteiger partial charge in [0.05, 0.1) is 6.04 Å². The van der Waals surface area contributed by atoms with Crippen molar-refractivity contribution in [2.75, 3.05) is 59.6 Å². The van der Waals surface area contributed by atoms with Crippen molar-refractivity contribution in [1.82, 2.24) is 10.2 Å². The number of alkyl halides is 1. The van der Waals surface area contributed by atoms with Crippen LogP contribution in [0.25, 0.3) is 0 Å². The Morgan fingerprint density at radius 1 is 0.780 bits per heavy atom. The molecule has 0 aliphatic carbocycles. The largest absolute Gasteiger partial charge is 1.00 e. The molecule has 3 aromatic rings. The summed E-state index contributed by atoms with van der Waals surface area (Å²) >= 11 is 3.27. The van der Waals surface area contributed by atoms with Crippen molar-refractivity contribution >= 4 is 28.5 Å². The van der Waals surface area contributed by atoms with Gasteiger partial charge in [0, 0.05) is 65.1 Å².